The summed E-state index contributed by atoms with van der Waals surface area (Å²) in [5.74, 6) is -0.00134. The molecule has 162 valence electrons. The molecule has 0 aliphatic heterocycles. The number of nitrogens with one attached hydrogen (secondary N) is 2. The Morgan fingerprint density at radius 2 is 1.87 bits per heavy atom. The van der Waals surface area contributed by atoms with Crippen molar-refractivity contribution in [2.75, 3.05) is 13.6 Å². The van der Waals surface area contributed by atoms with Gasteiger partial charge in [-0.25, -0.2) is 0 Å². The minimum absolute atomic E-state index is 0.00134. The van der Waals surface area contributed by atoms with Gasteiger partial charge in [-0.3, -0.25) is 10.1 Å². The first-order chi connectivity index (χ1) is 15.1. The zero-order chi connectivity index (χ0) is 21.8. The van der Waals surface area contributed by atoms with Crippen LogP contribution < -0.4 is 11.1 Å². The van der Waals surface area contributed by atoms with Crippen molar-refractivity contribution < 1.29 is 9.59 Å². The zero-order valence-corrected chi connectivity index (χ0v) is 18.0. The summed E-state index contributed by atoms with van der Waals surface area (Å²) in [5.41, 5.74) is 10.5. The van der Waals surface area contributed by atoms with Gasteiger partial charge in [0, 0.05) is 49.2 Å². The molecule has 1 amide bonds. The normalized spacial score (nSPS) is 15.3. The van der Waals surface area contributed by atoms with Crippen LogP contribution in [0.3, 0.4) is 0 Å². The fourth-order valence-corrected chi connectivity index (χ4v) is 4.67. The largest absolute Gasteiger partial charge is 0.361 e. The molecule has 6 nitrogen and oxygen atoms in total. The molecule has 3 aromatic rings. The van der Waals surface area contributed by atoms with Gasteiger partial charge in [0.05, 0.1) is 5.66 Å². The Balaban J connectivity index is 1.54. The average molecular weight is 419 g/mol. The summed E-state index contributed by atoms with van der Waals surface area (Å²) < 4.78 is 0. The number of aromatic nitrogens is 1. The van der Waals surface area contributed by atoms with Gasteiger partial charge in [-0.2, -0.15) is 0 Å². The second kappa shape index (κ2) is 9.04. The average Bonchev–Trinajstić information content (AvgIpc) is 3.45. The van der Waals surface area contributed by atoms with E-state index < -0.39 is 0 Å². The molecule has 31 heavy (non-hydrogen) atoms. The Bertz CT molecular complexity index is 1060. The molecule has 1 heterocycles. The molecule has 2 aromatic carbocycles. The third kappa shape index (κ3) is 4.13. The van der Waals surface area contributed by atoms with Crippen molar-refractivity contribution in [2.24, 2.45) is 5.73 Å². The number of nitrogens with two attached hydrogens (primary N) is 1. The summed E-state index contributed by atoms with van der Waals surface area (Å²) in [4.78, 5) is 29.0. The topological polar surface area (TPSA) is 91.2 Å². The lowest BCUT2D eigenvalue weighted by Crippen LogP contribution is -2.57. The van der Waals surface area contributed by atoms with E-state index in [9.17, 15) is 9.59 Å². The van der Waals surface area contributed by atoms with Crippen LogP contribution in [0.4, 0.5) is 0 Å². The highest BCUT2D eigenvalue weighted by atomic mass is 16.2. The van der Waals surface area contributed by atoms with Crippen LogP contribution in [-0.4, -0.2) is 41.3 Å². The fourth-order valence-electron chi connectivity index (χ4n) is 4.67. The van der Waals surface area contributed by atoms with Crippen LogP contribution in [0, 0.1) is 0 Å². The van der Waals surface area contributed by atoms with Crippen LogP contribution in [0.15, 0.2) is 48.7 Å². The van der Waals surface area contributed by atoms with Crippen LogP contribution in [0.5, 0.6) is 0 Å². The number of hydrogen-bond acceptors (Lipinski definition) is 4. The summed E-state index contributed by atoms with van der Waals surface area (Å²) in [6, 6.07) is 14.1. The van der Waals surface area contributed by atoms with Gasteiger partial charge >= 0.3 is 0 Å². The van der Waals surface area contributed by atoms with Gasteiger partial charge in [0.25, 0.3) is 5.91 Å². The van der Waals surface area contributed by atoms with Gasteiger partial charge in [0.2, 0.25) is 0 Å². The number of benzene rings is 2. The lowest BCUT2D eigenvalue weighted by Gasteiger charge is -2.40. The van der Waals surface area contributed by atoms with E-state index in [0.29, 0.717) is 25.1 Å². The molecular formula is C25H30N4O2. The van der Waals surface area contributed by atoms with Crippen molar-refractivity contribution in [3.8, 4) is 11.1 Å². The number of nitrogens with zero attached hydrogens (tertiary/aromatic N) is 1. The number of carbonyl (C=O) groups excluding carboxylic acids is 2. The van der Waals surface area contributed by atoms with Crippen LogP contribution in [-0.2, 0) is 11.3 Å². The first-order valence-corrected chi connectivity index (χ1v) is 11.0. The smallest absolute Gasteiger partial charge is 0.255 e. The quantitative estimate of drug-likeness (QED) is 0.295. The van der Waals surface area contributed by atoms with Gasteiger partial charge in [-0.05, 0) is 66.6 Å². The molecule has 0 unspecified atom stereocenters. The van der Waals surface area contributed by atoms with E-state index in [0.717, 1.165) is 59.6 Å². The fraction of sp³-hybridized carbons (Fsp3) is 0.360. The summed E-state index contributed by atoms with van der Waals surface area (Å²) in [7, 11) is 1.86. The van der Waals surface area contributed by atoms with E-state index in [1.807, 2.05) is 42.4 Å². The second-order valence-corrected chi connectivity index (χ2v) is 8.34. The summed E-state index contributed by atoms with van der Waals surface area (Å²) in [5, 5.41) is 4.60. The lowest BCUT2D eigenvalue weighted by atomic mass is 10.00. The van der Waals surface area contributed by atoms with Gasteiger partial charge in [-0.15, -0.1) is 0 Å². The molecule has 1 aromatic heterocycles. The van der Waals surface area contributed by atoms with Crippen molar-refractivity contribution in [3.63, 3.8) is 0 Å². The summed E-state index contributed by atoms with van der Waals surface area (Å²) in [6.45, 7) is 1.08. The monoisotopic (exact) mass is 418 g/mol. The number of fused-ring (bicyclic) bond motifs is 1. The van der Waals surface area contributed by atoms with Gasteiger partial charge < -0.3 is 20.4 Å². The Hall–Kier alpha value is -2.96. The molecule has 4 N–H and O–H groups in total. The highest BCUT2D eigenvalue weighted by Crippen LogP contribution is 2.33. The summed E-state index contributed by atoms with van der Waals surface area (Å²) >= 11 is 0. The van der Waals surface area contributed by atoms with Gasteiger partial charge in [0.1, 0.15) is 6.29 Å². The standard InChI is InChI=1S/C25H30N4O2/c1-29(25(11-2-3-12-25)28-13-4-14-30)24(31)19-7-5-18(6-8-19)20-9-10-23-22(15-20)21(16-26)17-27-23/h5-10,14-15,17,27-28H,2-4,11-13,16,26H2,1H3. The third-order valence-electron chi connectivity index (χ3n) is 6.55. The van der Waals surface area contributed by atoms with E-state index >= 15 is 0 Å². The summed E-state index contributed by atoms with van der Waals surface area (Å²) in [6.07, 6.45) is 7.30. The predicted molar refractivity (Wildman–Crippen MR) is 124 cm³/mol. The van der Waals surface area contributed by atoms with Crippen LogP contribution in [0.2, 0.25) is 0 Å². The first kappa shape index (κ1) is 21.3. The van der Waals surface area contributed by atoms with E-state index in [1.165, 1.54) is 0 Å². The molecule has 0 atom stereocenters. The maximum Gasteiger partial charge on any atom is 0.255 e. The van der Waals surface area contributed by atoms with Crippen molar-refractivity contribution >= 4 is 23.1 Å². The number of amides is 1. The Kier molecular flexibility index (Phi) is 6.20. The third-order valence-corrected chi connectivity index (χ3v) is 6.55. The highest BCUT2D eigenvalue weighted by molar-refractivity contribution is 5.95. The number of hydrogen-bond donors (Lipinski definition) is 3. The molecular weight excluding hydrogens is 388 g/mol. The van der Waals surface area contributed by atoms with Crippen molar-refractivity contribution in [3.05, 3.63) is 59.8 Å². The molecule has 6 heteroatoms. The van der Waals surface area contributed by atoms with Crippen LogP contribution in [0.25, 0.3) is 22.0 Å². The van der Waals surface area contributed by atoms with E-state index in [2.05, 4.69) is 28.5 Å². The maximum atomic E-state index is 13.2. The maximum absolute atomic E-state index is 13.2. The van der Waals surface area contributed by atoms with Gasteiger partial charge in [-0.1, -0.05) is 18.2 Å². The molecule has 1 fully saturated rings. The minimum Gasteiger partial charge on any atom is -0.361 e. The molecule has 0 radical (unpaired) electrons. The molecule has 1 aliphatic carbocycles. The van der Waals surface area contributed by atoms with E-state index in [1.54, 1.807) is 0 Å². The predicted octanol–water partition coefficient (Wildman–Crippen LogP) is 3.81. The van der Waals surface area contributed by atoms with Crippen LogP contribution in [0.1, 0.15) is 48.0 Å². The molecule has 0 saturated heterocycles. The second-order valence-electron chi connectivity index (χ2n) is 8.34. The number of H-pyrrole nitrogens is 1. The van der Waals surface area contributed by atoms with E-state index in [4.69, 9.17) is 5.73 Å². The SMILES string of the molecule is CN(C(=O)c1ccc(-c2ccc3[nH]cc(CN)c3c2)cc1)C1(NCCC=O)CCCC1. The van der Waals surface area contributed by atoms with Gasteiger partial charge in [0.15, 0.2) is 0 Å². The number of carbonyl (C=O) groups is 2. The van der Waals surface area contributed by atoms with Crippen molar-refractivity contribution in [2.45, 2.75) is 44.3 Å². The van der Waals surface area contributed by atoms with Crippen LogP contribution >= 0.6 is 0 Å². The number of aldehydes is 1. The molecule has 4 rings (SSSR count). The molecule has 1 aliphatic rings. The lowest BCUT2D eigenvalue weighted by molar-refractivity contribution is -0.107. The van der Waals surface area contributed by atoms with Crippen molar-refractivity contribution in [1.29, 1.82) is 0 Å². The van der Waals surface area contributed by atoms with Crippen molar-refractivity contribution in [1.82, 2.24) is 15.2 Å². The number of aromatic amines is 1. The zero-order valence-electron chi connectivity index (χ0n) is 18.0. The Morgan fingerprint density at radius 3 is 2.55 bits per heavy atom. The Labute approximate surface area is 182 Å². The highest BCUT2D eigenvalue weighted by Gasteiger charge is 2.39. The Morgan fingerprint density at radius 1 is 1.16 bits per heavy atom. The first-order valence-electron chi connectivity index (χ1n) is 11.0. The molecule has 1 saturated carbocycles. The van der Waals surface area contributed by atoms with E-state index in [-0.39, 0.29) is 11.6 Å². The number of rotatable bonds is 8. The molecule has 0 bridgehead atoms. The molecule has 0 spiro atoms. The minimum atomic E-state index is -0.364.